The summed E-state index contributed by atoms with van der Waals surface area (Å²) in [5, 5.41) is 4.73. The van der Waals surface area contributed by atoms with Crippen LogP contribution in [0.4, 0.5) is 18.9 Å². The van der Waals surface area contributed by atoms with Crippen LogP contribution in [0, 0.1) is 0 Å². The van der Waals surface area contributed by atoms with Crippen molar-refractivity contribution in [2.24, 2.45) is 0 Å². The van der Waals surface area contributed by atoms with Gasteiger partial charge in [-0.15, -0.1) is 11.3 Å². The van der Waals surface area contributed by atoms with Crippen molar-refractivity contribution in [3.63, 3.8) is 0 Å². The molecule has 1 aliphatic heterocycles. The van der Waals surface area contributed by atoms with Crippen LogP contribution in [-0.4, -0.2) is 23.3 Å². The summed E-state index contributed by atoms with van der Waals surface area (Å²) in [6.07, 6.45) is -3.56. The molecular weight excluding hydrogens is 497 g/mol. The number of alkyl halides is 3. The summed E-state index contributed by atoms with van der Waals surface area (Å²) in [6.45, 7) is 1.06. The van der Waals surface area contributed by atoms with E-state index < -0.39 is 17.6 Å². The summed E-state index contributed by atoms with van der Waals surface area (Å²) in [7, 11) is 0. The Balaban J connectivity index is 1.35. The zero-order valence-electron chi connectivity index (χ0n) is 19.7. The van der Waals surface area contributed by atoms with Gasteiger partial charge in [0, 0.05) is 29.2 Å². The number of halogens is 3. The summed E-state index contributed by atoms with van der Waals surface area (Å²) >= 11 is 1.56. The van der Waals surface area contributed by atoms with Gasteiger partial charge >= 0.3 is 6.18 Å². The van der Waals surface area contributed by atoms with Gasteiger partial charge in [-0.2, -0.15) is 13.2 Å². The highest BCUT2D eigenvalue weighted by Gasteiger charge is 2.32. The van der Waals surface area contributed by atoms with Crippen molar-refractivity contribution in [2.45, 2.75) is 25.6 Å². The number of carbonyl (C=O) groups is 2. The molecule has 37 heavy (non-hydrogen) atoms. The number of carbonyl (C=O) groups excluding carboxylic acids is 2. The normalized spacial score (nSPS) is 13.2. The lowest BCUT2D eigenvalue weighted by Gasteiger charge is -2.29. The third-order valence-corrected chi connectivity index (χ3v) is 7.29. The van der Waals surface area contributed by atoms with E-state index in [0.717, 1.165) is 28.1 Å². The summed E-state index contributed by atoms with van der Waals surface area (Å²) in [5.74, 6) is -0.545. The molecule has 2 heterocycles. The third kappa shape index (κ3) is 5.59. The molecule has 1 N–H and O–H groups in total. The van der Waals surface area contributed by atoms with E-state index in [1.807, 2.05) is 34.5 Å². The topological polar surface area (TPSA) is 49.4 Å². The first kappa shape index (κ1) is 24.8. The minimum Gasteiger partial charge on any atom is -0.338 e. The Morgan fingerprint density at radius 2 is 1.73 bits per heavy atom. The number of thiophene rings is 1. The molecule has 0 unspecified atom stereocenters. The molecule has 2 amide bonds. The second-order valence-electron chi connectivity index (χ2n) is 8.88. The lowest BCUT2D eigenvalue weighted by molar-refractivity contribution is -0.137. The van der Waals surface area contributed by atoms with Gasteiger partial charge < -0.3 is 10.2 Å². The minimum atomic E-state index is -4.57. The molecular formula is C29H23F3N2O2S. The number of benzene rings is 3. The lowest BCUT2D eigenvalue weighted by Crippen LogP contribution is -2.36. The number of hydrogen-bond acceptors (Lipinski definition) is 3. The Hall–Kier alpha value is -3.91. The third-order valence-electron chi connectivity index (χ3n) is 6.41. The first-order valence-electron chi connectivity index (χ1n) is 11.8. The van der Waals surface area contributed by atoms with Crippen molar-refractivity contribution < 1.29 is 22.8 Å². The highest BCUT2D eigenvalue weighted by Crippen LogP contribution is 2.34. The molecule has 1 aromatic heterocycles. The van der Waals surface area contributed by atoms with Crippen molar-refractivity contribution >= 4 is 28.8 Å². The molecule has 188 valence electrons. The van der Waals surface area contributed by atoms with Gasteiger partial charge in [0.25, 0.3) is 5.91 Å². The van der Waals surface area contributed by atoms with Gasteiger partial charge in [-0.05, 0) is 64.4 Å². The van der Waals surface area contributed by atoms with Gasteiger partial charge in [-0.1, -0.05) is 48.5 Å². The van der Waals surface area contributed by atoms with Crippen molar-refractivity contribution in [3.8, 4) is 11.1 Å². The average molecular weight is 521 g/mol. The van der Waals surface area contributed by atoms with Crippen LogP contribution in [0.15, 0.2) is 84.2 Å². The molecule has 0 saturated carbocycles. The van der Waals surface area contributed by atoms with Crippen molar-refractivity contribution in [3.05, 3.63) is 111 Å². The largest absolute Gasteiger partial charge is 0.416 e. The van der Waals surface area contributed by atoms with E-state index in [0.29, 0.717) is 42.7 Å². The number of rotatable bonds is 5. The first-order valence-corrected chi connectivity index (χ1v) is 12.7. The van der Waals surface area contributed by atoms with Gasteiger partial charge in [0.2, 0.25) is 5.91 Å². The second kappa shape index (κ2) is 10.2. The van der Waals surface area contributed by atoms with Crippen LogP contribution in [0.3, 0.4) is 0 Å². The predicted molar refractivity (Wildman–Crippen MR) is 138 cm³/mol. The highest BCUT2D eigenvalue weighted by atomic mass is 32.1. The summed E-state index contributed by atoms with van der Waals surface area (Å²) in [5.41, 5.74) is 2.64. The van der Waals surface area contributed by atoms with Gasteiger partial charge in [-0.3, -0.25) is 9.59 Å². The van der Waals surface area contributed by atoms with E-state index in [1.165, 1.54) is 6.07 Å². The molecule has 4 aromatic rings. The van der Waals surface area contributed by atoms with Crippen molar-refractivity contribution in [1.82, 2.24) is 4.90 Å². The maximum Gasteiger partial charge on any atom is 0.416 e. The Morgan fingerprint density at radius 1 is 0.919 bits per heavy atom. The smallest absolute Gasteiger partial charge is 0.338 e. The average Bonchev–Trinajstić information content (AvgIpc) is 3.41. The molecule has 1 aliphatic rings. The minimum absolute atomic E-state index is 0.0518. The van der Waals surface area contributed by atoms with Crippen LogP contribution in [0.5, 0.6) is 0 Å². The second-order valence-corrected chi connectivity index (χ2v) is 9.92. The molecule has 0 aliphatic carbocycles. The monoisotopic (exact) mass is 520 g/mol. The van der Waals surface area contributed by atoms with E-state index in [-0.39, 0.29) is 11.5 Å². The van der Waals surface area contributed by atoms with Gasteiger partial charge in [-0.25, -0.2) is 0 Å². The van der Waals surface area contributed by atoms with Gasteiger partial charge in [0.1, 0.15) is 0 Å². The fourth-order valence-electron chi connectivity index (χ4n) is 4.49. The van der Waals surface area contributed by atoms with E-state index >= 15 is 0 Å². The van der Waals surface area contributed by atoms with E-state index in [4.69, 9.17) is 0 Å². The zero-order chi connectivity index (χ0) is 26.0. The molecule has 8 heteroatoms. The van der Waals surface area contributed by atoms with Crippen LogP contribution in [-0.2, 0) is 30.4 Å². The Bertz CT molecular complexity index is 1430. The summed E-state index contributed by atoms with van der Waals surface area (Å²) in [6, 6.07) is 21.4. The number of fused-ring (bicyclic) bond motifs is 1. The Morgan fingerprint density at radius 3 is 2.46 bits per heavy atom. The zero-order valence-corrected chi connectivity index (χ0v) is 20.5. The Labute approximate surface area is 216 Å². The van der Waals surface area contributed by atoms with Crippen LogP contribution in [0.25, 0.3) is 11.1 Å². The summed E-state index contributed by atoms with van der Waals surface area (Å²) < 4.78 is 40.2. The molecule has 0 atom stereocenters. The van der Waals surface area contributed by atoms with Gasteiger partial charge in [0.15, 0.2) is 0 Å². The molecule has 3 aromatic carbocycles. The van der Waals surface area contributed by atoms with Gasteiger partial charge in [0.05, 0.1) is 12.0 Å². The molecule has 0 bridgehead atoms. The van der Waals surface area contributed by atoms with Crippen LogP contribution in [0.2, 0.25) is 0 Å². The van der Waals surface area contributed by atoms with E-state index in [1.54, 1.807) is 47.7 Å². The molecule has 0 fully saturated rings. The molecule has 0 radical (unpaired) electrons. The first-order chi connectivity index (χ1) is 17.8. The molecule has 4 nitrogen and oxygen atoms in total. The maximum absolute atomic E-state index is 13.4. The number of hydrogen-bond donors (Lipinski definition) is 1. The highest BCUT2D eigenvalue weighted by molar-refractivity contribution is 7.10. The fraction of sp³-hybridized carbons (Fsp3) is 0.172. The quantitative estimate of drug-likeness (QED) is 0.314. The number of nitrogens with zero attached hydrogens (tertiary/aromatic N) is 1. The number of anilines is 1. The lowest BCUT2D eigenvalue weighted by atomic mass is 9.96. The van der Waals surface area contributed by atoms with E-state index in [9.17, 15) is 22.8 Å². The summed E-state index contributed by atoms with van der Waals surface area (Å²) in [4.78, 5) is 28.8. The Kier molecular flexibility index (Phi) is 6.84. The predicted octanol–water partition coefficient (Wildman–Crippen LogP) is 6.81. The molecule has 5 rings (SSSR count). The molecule has 0 spiro atoms. The number of amides is 2. The van der Waals surface area contributed by atoms with E-state index in [2.05, 4.69) is 5.32 Å². The van der Waals surface area contributed by atoms with Crippen molar-refractivity contribution in [2.75, 3.05) is 11.9 Å². The molecule has 0 saturated heterocycles. The maximum atomic E-state index is 13.4. The fourth-order valence-corrected chi connectivity index (χ4v) is 5.19. The van der Waals surface area contributed by atoms with Crippen LogP contribution < -0.4 is 5.32 Å². The standard InChI is InChI=1S/C29H23F3N2O2S/c30-29(31,32)22-9-11-25(19-5-2-1-3-6-19)26(16-22)28(36)33-23-10-8-21-18-34(13-12-20(21)15-23)27(35)17-24-7-4-14-37-24/h1-11,14-16H,12-13,17-18H2,(H,33,36). The number of nitrogens with one attached hydrogen (secondary N) is 1. The van der Waals surface area contributed by atoms with Crippen LogP contribution in [0.1, 0.15) is 31.9 Å². The SMILES string of the molecule is O=C(Nc1ccc2c(c1)CCN(C(=O)Cc1cccs1)C2)c1cc(C(F)(F)F)ccc1-c1ccccc1. The van der Waals surface area contributed by atoms with Crippen molar-refractivity contribution in [1.29, 1.82) is 0 Å². The van der Waals surface area contributed by atoms with Crippen LogP contribution >= 0.6 is 11.3 Å².